The average Bonchev–Trinajstić information content (AvgIpc) is 2.36. The van der Waals surface area contributed by atoms with E-state index in [-0.39, 0.29) is 11.8 Å². The zero-order valence-electron chi connectivity index (χ0n) is 12.5. The van der Waals surface area contributed by atoms with Gasteiger partial charge in [-0.3, -0.25) is 4.72 Å². The van der Waals surface area contributed by atoms with Crippen LogP contribution in [0.25, 0.3) is 0 Å². The van der Waals surface area contributed by atoms with E-state index < -0.39 is 20.6 Å². The molecule has 5 nitrogen and oxygen atoms in total. The number of carboxylic acids is 1. The second kappa shape index (κ2) is 6.70. The van der Waals surface area contributed by atoms with Crippen molar-refractivity contribution in [3.63, 3.8) is 0 Å². The molecule has 2 N–H and O–H groups in total. The standard InChI is InChI=1S/C14H21NO4S2/c1-8(2)10-6-5-7-11(9(3)4)12(10)15-21(18,19)14(20)13(16)17/h5-9,14-15,20H,1-4H3,(H,16,17). The predicted octanol–water partition coefficient (Wildman–Crippen LogP) is 3.02. The lowest BCUT2D eigenvalue weighted by molar-refractivity contribution is -0.134. The van der Waals surface area contributed by atoms with Crippen molar-refractivity contribution in [3.05, 3.63) is 29.3 Å². The zero-order valence-corrected chi connectivity index (χ0v) is 14.2. The smallest absolute Gasteiger partial charge is 0.333 e. The minimum Gasteiger partial charge on any atom is -0.480 e. The fourth-order valence-electron chi connectivity index (χ4n) is 2.00. The molecule has 1 unspecified atom stereocenters. The third-order valence-electron chi connectivity index (χ3n) is 3.12. The largest absolute Gasteiger partial charge is 0.480 e. The third-order valence-corrected chi connectivity index (χ3v) is 5.45. The maximum Gasteiger partial charge on any atom is 0.333 e. The van der Waals surface area contributed by atoms with Crippen LogP contribution in [-0.2, 0) is 14.8 Å². The molecule has 21 heavy (non-hydrogen) atoms. The van der Waals surface area contributed by atoms with Gasteiger partial charge in [0.1, 0.15) is 0 Å². The summed E-state index contributed by atoms with van der Waals surface area (Å²) in [5.41, 5.74) is 2.12. The molecule has 0 saturated heterocycles. The summed E-state index contributed by atoms with van der Waals surface area (Å²) in [6.45, 7) is 7.80. The molecule has 0 aliphatic heterocycles. The normalized spacial score (nSPS) is 13.5. The van der Waals surface area contributed by atoms with Gasteiger partial charge in [0.2, 0.25) is 4.58 Å². The average molecular weight is 331 g/mol. The number of benzene rings is 1. The van der Waals surface area contributed by atoms with Gasteiger partial charge in [-0.25, -0.2) is 13.2 Å². The van der Waals surface area contributed by atoms with Gasteiger partial charge in [-0.1, -0.05) is 45.9 Å². The first kappa shape index (κ1) is 17.8. The lowest BCUT2D eigenvalue weighted by Crippen LogP contribution is -2.31. The van der Waals surface area contributed by atoms with Crippen LogP contribution in [0.4, 0.5) is 5.69 Å². The molecule has 7 heteroatoms. The van der Waals surface area contributed by atoms with E-state index in [4.69, 9.17) is 5.11 Å². The molecule has 0 saturated carbocycles. The number of anilines is 1. The Balaban J connectivity index is 3.38. The molecule has 0 heterocycles. The predicted molar refractivity (Wildman–Crippen MR) is 87.6 cm³/mol. The Labute approximate surface area is 131 Å². The van der Waals surface area contributed by atoms with Crippen LogP contribution in [0.3, 0.4) is 0 Å². The maximum atomic E-state index is 12.1. The van der Waals surface area contributed by atoms with Crippen molar-refractivity contribution >= 4 is 34.3 Å². The molecule has 1 aromatic carbocycles. The van der Waals surface area contributed by atoms with Gasteiger partial charge in [-0.05, 0) is 23.0 Å². The van der Waals surface area contributed by atoms with E-state index in [1.165, 1.54) is 0 Å². The number of hydrogen-bond acceptors (Lipinski definition) is 4. The van der Waals surface area contributed by atoms with Gasteiger partial charge < -0.3 is 5.11 Å². The number of nitrogens with one attached hydrogen (secondary N) is 1. The Bertz CT molecular complexity index is 598. The van der Waals surface area contributed by atoms with Crippen molar-refractivity contribution in [2.45, 2.75) is 44.1 Å². The van der Waals surface area contributed by atoms with E-state index in [2.05, 4.69) is 17.4 Å². The lowest BCUT2D eigenvalue weighted by Gasteiger charge is -2.21. The second-order valence-electron chi connectivity index (χ2n) is 5.46. The molecular weight excluding hydrogens is 310 g/mol. The van der Waals surface area contributed by atoms with Crippen molar-refractivity contribution in [1.29, 1.82) is 0 Å². The third kappa shape index (κ3) is 4.14. The summed E-state index contributed by atoms with van der Waals surface area (Å²) < 4.78 is 24.9. The molecule has 1 rings (SSSR count). The topological polar surface area (TPSA) is 83.5 Å². The summed E-state index contributed by atoms with van der Waals surface area (Å²) in [6, 6.07) is 5.54. The summed E-state index contributed by atoms with van der Waals surface area (Å²) in [4.78, 5) is 10.9. The Morgan fingerprint density at radius 1 is 1.14 bits per heavy atom. The minimum atomic E-state index is -4.11. The number of rotatable bonds is 6. The van der Waals surface area contributed by atoms with Gasteiger partial charge >= 0.3 is 5.97 Å². The van der Waals surface area contributed by atoms with Gasteiger partial charge in [0.05, 0.1) is 5.69 Å². The molecule has 1 aromatic rings. The molecule has 0 amide bonds. The van der Waals surface area contributed by atoms with E-state index in [1.54, 1.807) is 0 Å². The number of aliphatic carboxylic acids is 1. The van der Waals surface area contributed by atoms with E-state index in [0.29, 0.717) is 5.69 Å². The maximum absolute atomic E-state index is 12.1. The molecule has 118 valence electrons. The summed E-state index contributed by atoms with van der Waals surface area (Å²) in [6.07, 6.45) is 0. The Morgan fingerprint density at radius 3 is 1.90 bits per heavy atom. The fraction of sp³-hybridized carbons (Fsp3) is 0.500. The Morgan fingerprint density at radius 2 is 1.57 bits per heavy atom. The highest BCUT2D eigenvalue weighted by Crippen LogP contribution is 2.33. The van der Waals surface area contributed by atoms with Crippen LogP contribution in [0.1, 0.15) is 50.7 Å². The number of carbonyl (C=O) groups is 1. The van der Waals surface area contributed by atoms with Crippen LogP contribution in [0.2, 0.25) is 0 Å². The molecule has 0 aromatic heterocycles. The monoisotopic (exact) mass is 331 g/mol. The van der Waals surface area contributed by atoms with Crippen LogP contribution in [-0.4, -0.2) is 24.1 Å². The Hall–Kier alpha value is -1.21. The number of carboxylic acid groups (broad SMARTS) is 1. The molecule has 0 aliphatic carbocycles. The summed E-state index contributed by atoms with van der Waals surface area (Å²) in [5, 5.41) is 8.86. The molecular formula is C14H21NO4S2. The Kier molecular flexibility index (Phi) is 5.69. The van der Waals surface area contributed by atoms with E-state index in [1.807, 2.05) is 45.9 Å². The lowest BCUT2D eigenvalue weighted by atomic mass is 9.93. The molecule has 1 atom stereocenters. The highest BCUT2D eigenvalue weighted by Gasteiger charge is 2.30. The van der Waals surface area contributed by atoms with Crippen molar-refractivity contribution in [3.8, 4) is 0 Å². The fourth-order valence-corrected chi connectivity index (χ4v) is 3.06. The first-order valence-corrected chi connectivity index (χ1v) is 8.69. The van der Waals surface area contributed by atoms with E-state index in [9.17, 15) is 13.2 Å². The van der Waals surface area contributed by atoms with Crippen molar-refractivity contribution in [2.75, 3.05) is 4.72 Å². The van der Waals surface area contributed by atoms with E-state index in [0.717, 1.165) is 11.1 Å². The van der Waals surface area contributed by atoms with Gasteiger partial charge in [-0.15, -0.1) is 12.6 Å². The first-order chi connectivity index (χ1) is 9.58. The number of sulfonamides is 1. The number of hydrogen-bond donors (Lipinski definition) is 3. The number of thiol groups is 1. The quantitative estimate of drug-likeness (QED) is 0.700. The zero-order chi connectivity index (χ0) is 16.4. The van der Waals surface area contributed by atoms with Gasteiger partial charge in [-0.2, -0.15) is 0 Å². The molecule has 0 bridgehead atoms. The van der Waals surface area contributed by atoms with Crippen LogP contribution < -0.4 is 4.72 Å². The highest BCUT2D eigenvalue weighted by molar-refractivity contribution is 8.06. The van der Waals surface area contributed by atoms with Gasteiger partial charge in [0.15, 0.2) is 0 Å². The van der Waals surface area contributed by atoms with Crippen molar-refractivity contribution in [1.82, 2.24) is 0 Å². The molecule has 0 spiro atoms. The summed E-state index contributed by atoms with van der Waals surface area (Å²) in [7, 11) is -4.11. The van der Waals surface area contributed by atoms with Crippen LogP contribution in [0, 0.1) is 0 Å². The number of para-hydroxylation sites is 1. The highest BCUT2D eigenvalue weighted by atomic mass is 32.3. The molecule has 0 radical (unpaired) electrons. The molecule has 0 aliphatic rings. The van der Waals surface area contributed by atoms with Crippen LogP contribution in [0.5, 0.6) is 0 Å². The first-order valence-electron chi connectivity index (χ1n) is 6.63. The second-order valence-corrected chi connectivity index (χ2v) is 8.09. The van der Waals surface area contributed by atoms with Crippen molar-refractivity contribution in [2.24, 2.45) is 0 Å². The van der Waals surface area contributed by atoms with Crippen molar-refractivity contribution < 1.29 is 18.3 Å². The van der Waals surface area contributed by atoms with Crippen LogP contribution in [0.15, 0.2) is 18.2 Å². The SMILES string of the molecule is CC(C)c1cccc(C(C)C)c1NS(=O)(=O)C(S)C(=O)O. The van der Waals surface area contributed by atoms with Gasteiger partial charge in [0.25, 0.3) is 10.0 Å². The molecule has 0 fully saturated rings. The minimum absolute atomic E-state index is 0.101. The van der Waals surface area contributed by atoms with E-state index >= 15 is 0 Å². The summed E-state index contributed by atoms with van der Waals surface area (Å²) in [5.74, 6) is -1.30. The summed E-state index contributed by atoms with van der Waals surface area (Å²) >= 11 is 3.66. The van der Waals surface area contributed by atoms with Crippen LogP contribution >= 0.6 is 12.6 Å². The van der Waals surface area contributed by atoms with Gasteiger partial charge in [0, 0.05) is 0 Å².